The summed E-state index contributed by atoms with van der Waals surface area (Å²) in [5, 5.41) is 11.7. The van der Waals surface area contributed by atoms with E-state index in [1.54, 1.807) is 0 Å². The molecule has 0 aliphatic carbocycles. The maximum atomic E-state index is 8.36. The van der Waals surface area contributed by atoms with E-state index in [1.165, 1.54) is 6.42 Å². The molecule has 0 amide bonds. The van der Waals surface area contributed by atoms with E-state index >= 15 is 0 Å². The predicted molar refractivity (Wildman–Crippen MR) is 55.9 cm³/mol. The maximum absolute atomic E-state index is 8.36. The van der Waals surface area contributed by atoms with Crippen LogP contribution in [0.4, 0.5) is 0 Å². The number of hydrogen-bond donors (Lipinski definition) is 1. The number of nitriles is 1. The normalized spacial score (nSPS) is 27.1. The zero-order valence-corrected chi connectivity index (χ0v) is 8.96. The van der Waals surface area contributed by atoms with E-state index < -0.39 is 0 Å². The van der Waals surface area contributed by atoms with E-state index in [0.29, 0.717) is 18.4 Å². The Kier molecular flexibility index (Phi) is 5.58. The van der Waals surface area contributed by atoms with E-state index in [4.69, 9.17) is 10.00 Å². The maximum Gasteiger partial charge on any atom is 0.0725 e. The van der Waals surface area contributed by atoms with Gasteiger partial charge in [0.15, 0.2) is 0 Å². The Morgan fingerprint density at radius 1 is 1.50 bits per heavy atom. The van der Waals surface area contributed by atoms with Crippen LogP contribution < -0.4 is 5.32 Å². The lowest BCUT2D eigenvalue weighted by Gasteiger charge is -2.29. The van der Waals surface area contributed by atoms with Crippen molar-refractivity contribution in [3.63, 3.8) is 0 Å². The fraction of sp³-hybridized carbons (Fsp3) is 0.909. The molecule has 0 saturated carbocycles. The van der Waals surface area contributed by atoms with Gasteiger partial charge >= 0.3 is 0 Å². The average molecular weight is 196 g/mol. The molecule has 1 saturated heterocycles. The molecule has 0 radical (unpaired) electrons. The van der Waals surface area contributed by atoms with Crippen molar-refractivity contribution in [1.82, 2.24) is 5.32 Å². The minimum Gasteiger partial charge on any atom is -0.377 e. The number of ether oxygens (including phenoxy) is 1. The van der Waals surface area contributed by atoms with Crippen LogP contribution in [0.3, 0.4) is 0 Å². The van der Waals surface area contributed by atoms with Crippen molar-refractivity contribution in [2.24, 2.45) is 5.92 Å². The molecule has 0 aromatic heterocycles. The zero-order valence-electron chi connectivity index (χ0n) is 8.96. The first-order chi connectivity index (χ1) is 6.84. The fourth-order valence-electron chi connectivity index (χ4n) is 1.73. The summed E-state index contributed by atoms with van der Waals surface area (Å²) in [4.78, 5) is 0. The highest BCUT2D eigenvalue weighted by atomic mass is 16.5. The van der Waals surface area contributed by atoms with Gasteiger partial charge in [-0.3, -0.25) is 0 Å². The lowest BCUT2D eigenvalue weighted by Crippen LogP contribution is -2.41. The van der Waals surface area contributed by atoms with Crippen LogP contribution in [0, 0.1) is 17.2 Å². The summed E-state index contributed by atoms with van der Waals surface area (Å²) < 4.78 is 5.77. The van der Waals surface area contributed by atoms with Crippen molar-refractivity contribution >= 4 is 0 Å². The third-order valence-corrected chi connectivity index (χ3v) is 2.77. The first-order valence-electron chi connectivity index (χ1n) is 5.54. The van der Waals surface area contributed by atoms with Gasteiger partial charge in [0.25, 0.3) is 0 Å². The quantitative estimate of drug-likeness (QED) is 0.681. The molecule has 1 fully saturated rings. The monoisotopic (exact) mass is 196 g/mol. The second-order valence-corrected chi connectivity index (χ2v) is 3.99. The number of nitrogens with zero attached hydrogens (tertiary/aromatic N) is 1. The zero-order chi connectivity index (χ0) is 10.2. The number of nitrogens with one attached hydrogen (secondary N) is 1. The minimum atomic E-state index is 0.380. The molecule has 0 aromatic carbocycles. The largest absolute Gasteiger partial charge is 0.377 e. The van der Waals surface area contributed by atoms with Crippen molar-refractivity contribution in [1.29, 1.82) is 5.26 Å². The first-order valence-corrected chi connectivity index (χ1v) is 5.54. The van der Waals surface area contributed by atoms with Gasteiger partial charge in [0.05, 0.1) is 12.2 Å². The molecule has 1 aliphatic heterocycles. The molecule has 3 nitrogen and oxygen atoms in total. The fourth-order valence-corrected chi connectivity index (χ4v) is 1.73. The van der Waals surface area contributed by atoms with Gasteiger partial charge in [0.1, 0.15) is 0 Å². The molecule has 2 atom stereocenters. The lowest BCUT2D eigenvalue weighted by molar-refractivity contribution is 0.00264. The van der Waals surface area contributed by atoms with Crippen LogP contribution >= 0.6 is 0 Å². The summed E-state index contributed by atoms with van der Waals surface area (Å²) >= 11 is 0. The van der Waals surface area contributed by atoms with Gasteiger partial charge < -0.3 is 10.1 Å². The third kappa shape index (κ3) is 4.08. The summed E-state index contributed by atoms with van der Waals surface area (Å²) in [6, 6.07) is 2.15. The summed E-state index contributed by atoms with van der Waals surface area (Å²) in [5.74, 6) is 0.673. The Balaban J connectivity index is 2.02. The minimum absolute atomic E-state index is 0.380. The molecule has 3 heteroatoms. The predicted octanol–water partition coefficient (Wildman–Crippen LogP) is 1.69. The smallest absolute Gasteiger partial charge is 0.0725 e. The summed E-state index contributed by atoms with van der Waals surface area (Å²) in [6.45, 7) is 5.16. The third-order valence-electron chi connectivity index (χ3n) is 2.77. The van der Waals surface area contributed by atoms with E-state index in [1.807, 2.05) is 0 Å². The second-order valence-electron chi connectivity index (χ2n) is 3.99. The van der Waals surface area contributed by atoms with Crippen molar-refractivity contribution < 1.29 is 4.74 Å². The number of hydrogen-bond acceptors (Lipinski definition) is 3. The molecular weight excluding hydrogens is 176 g/mol. The standard InChI is InChI=1S/C11H20N2O/c1-10-5-7-13-9-11(10)14-8-4-2-3-6-12/h10-11,13H,2-5,7-9H2,1H3. The number of rotatable bonds is 5. The van der Waals surface area contributed by atoms with E-state index in [0.717, 1.165) is 32.5 Å². The Morgan fingerprint density at radius 2 is 2.36 bits per heavy atom. The number of unbranched alkanes of at least 4 members (excludes halogenated alkanes) is 2. The molecule has 0 bridgehead atoms. The summed E-state index contributed by atoms with van der Waals surface area (Å²) in [5.41, 5.74) is 0. The van der Waals surface area contributed by atoms with Gasteiger partial charge in [0.2, 0.25) is 0 Å². The van der Waals surface area contributed by atoms with Crippen molar-refractivity contribution in [3.8, 4) is 6.07 Å². The Morgan fingerprint density at radius 3 is 3.07 bits per heavy atom. The molecule has 1 heterocycles. The topological polar surface area (TPSA) is 45.0 Å². The molecule has 0 spiro atoms. The summed E-state index contributed by atoms with van der Waals surface area (Å²) in [7, 11) is 0. The van der Waals surface area contributed by atoms with Crippen molar-refractivity contribution in [2.75, 3.05) is 19.7 Å². The van der Waals surface area contributed by atoms with Gasteiger partial charge in [-0.05, 0) is 31.7 Å². The second kappa shape index (κ2) is 6.80. The highest BCUT2D eigenvalue weighted by Crippen LogP contribution is 2.15. The van der Waals surface area contributed by atoms with E-state index in [9.17, 15) is 0 Å². The first kappa shape index (κ1) is 11.5. The van der Waals surface area contributed by atoms with Crippen LogP contribution in [0.1, 0.15) is 32.6 Å². The Bertz CT molecular complexity index is 188. The van der Waals surface area contributed by atoms with Crippen molar-refractivity contribution in [2.45, 2.75) is 38.7 Å². The average Bonchev–Trinajstić information content (AvgIpc) is 2.20. The van der Waals surface area contributed by atoms with Crippen LogP contribution in [-0.4, -0.2) is 25.8 Å². The highest BCUT2D eigenvalue weighted by Gasteiger charge is 2.20. The molecule has 14 heavy (non-hydrogen) atoms. The van der Waals surface area contributed by atoms with Crippen molar-refractivity contribution in [3.05, 3.63) is 0 Å². The molecule has 0 aromatic rings. The van der Waals surface area contributed by atoms with Crippen LogP contribution in [0.5, 0.6) is 0 Å². The van der Waals surface area contributed by atoms with E-state index in [-0.39, 0.29) is 0 Å². The van der Waals surface area contributed by atoms with Gasteiger partial charge in [0, 0.05) is 19.6 Å². The molecular formula is C11H20N2O. The van der Waals surface area contributed by atoms with Gasteiger partial charge in [-0.2, -0.15) is 5.26 Å². The molecule has 2 unspecified atom stereocenters. The van der Waals surface area contributed by atoms with E-state index in [2.05, 4.69) is 18.3 Å². The number of piperidine rings is 1. The van der Waals surface area contributed by atoms with Crippen LogP contribution in [0.2, 0.25) is 0 Å². The highest BCUT2D eigenvalue weighted by molar-refractivity contribution is 4.75. The molecule has 1 rings (SSSR count). The Hall–Kier alpha value is -0.590. The van der Waals surface area contributed by atoms with Gasteiger partial charge in [-0.1, -0.05) is 6.92 Å². The van der Waals surface area contributed by atoms with Crippen LogP contribution in [0.25, 0.3) is 0 Å². The van der Waals surface area contributed by atoms with Gasteiger partial charge in [-0.15, -0.1) is 0 Å². The van der Waals surface area contributed by atoms with Gasteiger partial charge in [-0.25, -0.2) is 0 Å². The van der Waals surface area contributed by atoms with Crippen LogP contribution in [-0.2, 0) is 4.74 Å². The SMILES string of the molecule is CC1CCNCC1OCCCCC#N. The molecule has 80 valence electrons. The summed E-state index contributed by atoms with van der Waals surface area (Å²) in [6.07, 6.45) is 4.22. The van der Waals surface area contributed by atoms with Crippen LogP contribution in [0.15, 0.2) is 0 Å². The Labute approximate surface area is 86.4 Å². The molecule has 1 aliphatic rings. The molecule has 1 N–H and O–H groups in total. The lowest BCUT2D eigenvalue weighted by atomic mass is 9.97.